The van der Waals surface area contributed by atoms with E-state index >= 15 is 0 Å². The molecule has 0 bridgehead atoms. The average Bonchev–Trinajstić information content (AvgIpc) is 2.96. The molecule has 2 aromatic rings. The van der Waals surface area contributed by atoms with Gasteiger partial charge in [-0.15, -0.1) is 11.3 Å². The zero-order chi connectivity index (χ0) is 15.9. The zero-order valence-corrected chi connectivity index (χ0v) is 12.8. The number of aliphatic carboxylic acids is 1. The number of thiazole rings is 1. The molecule has 2 rings (SSSR count). The minimum absolute atomic E-state index is 0.186. The van der Waals surface area contributed by atoms with Crippen LogP contribution in [0.4, 0.5) is 10.9 Å². The van der Waals surface area contributed by atoms with Crippen molar-refractivity contribution in [3.8, 4) is 0 Å². The lowest BCUT2D eigenvalue weighted by Crippen LogP contribution is -2.40. The van der Waals surface area contributed by atoms with E-state index in [2.05, 4.69) is 20.6 Å². The van der Waals surface area contributed by atoms with Crippen molar-refractivity contribution in [3.05, 3.63) is 35.5 Å². The topological polar surface area (TPSA) is 104 Å². The quantitative estimate of drug-likeness (QED) is 0.723. The molecule has 2 heterocycles. The van der Waals surface area contributed by atoms with Crippen molar-refractivity contribution in [2.75, 3.05) is 5.32 Å². The van der Waals surface area contributed by atoms with Crippen LogP contribution in [0.5, 0.6) is 0 Å². The summed E-state index contributed by atoms with van der Waals surface area (Å²) in [5.74, 6) is -0.915. The van der Waals surface area contributed by atoms with Crippen LogP contribution in [-0.2, 0) is 4.79 Å². The summed E-state index contributed by atoms with van der Waals surface area (Å²) in [6.45, 7) is 1.86. The maximum absolute atomic E-state index is 12.0. The summed E-state index contributed by atoms with van der Waals surface area (Å²) < 4.78 is 0. The first-order chi connectivity index (χ1) is 10.6. The van der Waals surface area contributed by atoms with Crippen LogP contribution < -0.4 is 10.6 Å². The number of nitrogens with zero attached hydrogens (tertiary/aromatic N) is 2. The van der Waals surface area contributed by atoms with Gasteiger partial charge in [-0.1, -0.05) is 19.4 Å². The third-order valence-electron chi connectivity index (χ3n) is 2.82. The van der Waals surface area contributed by atoms with E-state index in [4.69, 9.17) is 5.11 Å². The molecule has 0 aromatic carbocycles. The minimum Gasteiger partial charge on any atom is -0.480 e. The van der Waals surface area contributed by atoms with Gasteiger partial charge in [-0.25, -0.2) is 14.8 Å². The highest BCUT2D eigenvalue weighted by Gasteiger charge is 2.21. The second-order valence-corrected chi connectivity index (χ2v) is 5.39. The van der Waals surface area contributed by atoms with Gasteiger partial charge in [0.2, 0.25) is 0 Å². The first-order valence-electron chi connectivity index (χ1n) is 6.77. The van der Waals surface area contributed by atoms with Crippen molar-refractivity contribution in [3.63, 3.8) is 0 Å². The van der Waals surface area contributed by atoms with Gasteiger partial charge >= 0.3 is 5.97 Å². The Morgan fingerprint density at radius 2 is 2.23 bits per heavy atom. The molecule has 0 saturated carbocycles. The Balaban J connectivity index is 2.01. The number of anilines is 2. The molecule has 3 N–H and O–H groups in total. The summed E-state index contributed by atoms with van der Waals surface area (Å²) >= 11 is 1.25. The maximum atomic E-state index is 12.0. The van der Waals surface area contributed by atoms with E-state index in [-0.39, 0.29) is 5.69 Å². The Morgan fingerprint density at radius 1 is 1.41 bits per heavy atom. The lowest BCUT2D eigenvalue weighted by Gasteiger charge is -2.12. The summed E-state index contributed by atoms with van der Waals surface area (Å²) in [5, 5.41) is 16.6. The van der Waals surface area contributed by atoms with Gasteiger partial charge in [-0.05, 0) is 18.6 Å². The van der Waals surface area contributed by atoms with Crippen LogP contribution in [0, 0.1) is 0 Å². The van der Waals surface area contributed by atoms with E-state index in [0.717, 1.165) is 0 Å². The minimum atomic E-state index is -1.04. The third kappa shape index (κ3) is 4.26. The molecule has 0 aliphatic rings. The Labute approximate surface area is 131 Å². The average molecular weight is 320 g/mol. The number of pyridine rings is 1. The molecule has 0 spiro atoms. The second-order valence-electron chi connectivity index (χ2n) is 4.53. The van der Waals surface area contributed by atoms with E-state index < -0.39 is 17.9 Å². The van der Waals surface area contributed by atoms with Gasteiger partial charge in [0.25, 0.3) is 5.91 Å². The van der Waals surface area contributed by atoms with E-state index in [0.29, 0.717) is 23.8 Å². The molecule has 2 aromatic heterocycles. The van der Waals surface area contributed by atoms with Gasteiger partial charge in [0.15, 0.2) is 5.13 Å². The van der Waals surface area contributed by atoms with E-state index in [1.807, 2.05) is 13.0 Å². The number of hydrogen-bond donors (Lipinski definition) is 3. The first kappa shape index (κ1) is 15.9. The largest absolute Gasteiger partial charge is 0.480 e. The highest BCUT2D eigenvalue weighted by Crippen LogP contribution is 2.19. The molecule has 0 radical (unpaired) electrons. The number of aromatic nitrogens is 2. The number of rotatable bonds is 7. The fourth-order valence-corrected chi connectivity index (χ4v) is 2.46. The Morgan fingerprint density at radius 3 is 2.86 bits per heavy atom. The normalized spacial score (nSPS) is 11.7. The maximum Gasteiger partial charge on any atom is 0.326 e. The molecule has 22 heavy (non-hydrogen) atoms. The number of carbonyl (C=O) groups excluding carboxylic acids is 1. The monoisotopic (exact) mass is 320 g/mol. The SMILES string of the molecule is CCCC(NC(=O)c1csc(Nc2ccccn2)n1)C(=O)O. The molecule has 7 nitrogen and oxygen atoms in total. The lowest BCUT2D eigenvalue weighted by atomic mass is 10.1. The fraction of sp³-hybridized carbons (Fsp3) is 0.286. The van der Waals surface area contributed by atoms with Crippen molar-refractivity contribution in [1.82, 2.24) is 15.3 Å². The highest BCUT2D eigenvalue weighted by atomic mass is 32.1. The van der Waals surface area contributed by atoms with Crippen molar-refractivity contribution in [2.24, 2.45) is 0 Å². The molecule has 0 saturated heterocycles. The summed E-state index contributed by atoms with van der Waals surface area (Å²) in [6, 6.07) is 4.51. The van der Waals surface area contributed by atoms with Crippen LogP contribution in [0.1, 0.15) is 30.3 Å². The second kappa shape index (κ2) is 7.51. The molecule has 1 atom stereocenters. The standard InChI is InChI=1S/C14H16N4O3S/c1-2-5-9(13(20)21)16-12(19)10-8-22-14(17-10)18-11-6-3-4-7-15-11/h3-4,6-9H,2,5H2,1H3,(H,16,19)(H,20,21)(H,15,17,18). The summed E-state index contributed by atoms with van der Waals surface area (Å²) in [7, 11) is 0. The molecular formula is C14H16N4O3S. The van der Waals surface area contributed by atoms with Crippen molar-refractivity contribution >= 4 is 34.2 Å². The summed E-state index contributed by atoms with van der Waals surface area (Å²) in [6.07, 6.45) is 2.69. The molecule has 0 fully saturated rings. The van der Waals surface area contributed by atoms with Crippen LogP contribution in [-0.4, -0.2) is 33.0 Å². The summed E-state index contributed by atoms with van der Waals surface area (Å²) in [4.78, 5) is 31.3. The van der Waals surface area contributed by atoms with Crippen LogP contribution in [0.3, 0.4) is 0 Å². The molecule has 1 amide bonds. The first-order valence-corrected chi connectivity index (χ1v) is 7.65. The Kier molecular flexibility index (Phi) is 5.42. The Bertz CT molecular complexity index is 645. The molecule has 8 heteroatoms. The van der Waals surface area contributed by atoms with Crippen molar-refractivity contribution in [2.45, 2.75) is 25.8 Å². The van der Waals surface area contributed by atoms with Crippen molar-refractivity contribution < 1.29 is 14.7 Å². The molecule has 0 aliphatic heterocycles. The van der Waals surface area contributed by atoms with Gasteiger partial charge in [0.05, 0.1) is 0 Å². The predicted octanol–water partition coefficient (Wildman–Crippen LogP) is 2.26. The molecule has 116 valence electrons. The number of carbonyl (C=O) groups is 2. The van der Waals surface area contributed by atoms with E-state index in [1.165, 1.54) is 11.3 Å². The third-order valence-corrected chi connectivity index (χ3v) is 3.58. The van der Waals surface area contributed by atoms with E-state index in [9.17, 15) is 9.59 Å². The molecule has 1 unspecified atom stereocenters. The van der Waals surface area contributed by atoms with Crippen LogP contribution in [0.15, 0.2) is 29.8 Å². The lowest BCUT2D eigenvalue weighted by molar-refractivity contribution is -0.139. The van der Waals surface area contributed by atoms with E-state index in [1.54, 1.807) is 23.7 Å². The predicted molar refractivity (Wildman–Crippen MR) is 83.4 cm³/mol. The number of hydrogen-bond acceptors (Lipinski definition) is 6. The van der Waals surface area contributed by atoms with Gasteiger partial charge in [-0.2, -0.15) is 0 Å². The summed E-state index contributed by atoms with van der Waals surface area (Å²) in [5.41, 5.74) is 0.186. The number of carboxylic acids is 1. The van der Waals surface area contributed by atoms with Gasteiger partial charge in [0, 0.05) is 11.6 Å². The van der Waals surface area contributed by atoms with Crippen LogP contribution >= 0.6 is 11.3 Å². The fourth-order valence-electron chi connectivity index (χ4n) is 1.76. The smallest absolute Gasteiger partial charge is 0.326 e. The van der Waals surface area contributed by atoms with Crippen LogP contribution in [0.25, 0.3) is 0 Å². The van der Waals surface area contributed by atoms with Crippen molar-refractivity contribution in [1.29, 1.82) is 0 Å². The number of nitrogens with one attached hydrogen (secondary N) is 2. The van der Waals surface area contributed by atoms with Crippen LogP contribution in [0.2, 0.25) is 0 Å². The molecule has 0 aliphatic carbocycles. The highest BCUT2D eigenvalue weighted by molar-refractivity contribution is 7.14. The van der Waals surface area contributed by atoms with Gasteiger partial charge in [0.1, 0.15) is 17.6 Å². The number of carboxylic acid groups (broad SMARTS) is 1. The molecular weight excluding hydrogens is 304 g/mol. The zero-order valence-electron chi connectivity index (χ0n) is 11.9. The number of amides is 1. The Hall–Kier alpha value is -2.48. The van der Waals surface area contributed by atoms with Gasteiger partial charge in [-0.3, -0.25) is 4.79 Å². The van der Waals surface area contributed by atoms with Gasteiger partial charge < -0.3 is 15.7 Å².